The second-order valence-electron chi connectivity index (χ2n) is 10.1. The number of nitrogens with two attached hydrogens (primary N) is 1. The van der Waals surface area contributed by atoms with Gasteiger partial charge in [0.2, 0.25) is 0 Å². The Bertz CT molecular complexity index is 526. The van der Waals surface area contributed by atoms with Gasteiger partial charge in [0, 0.05) is 12.1 Å². The molecular weight excluding hydrogens is 292 g/mol. The lowest BCUT2D eigenvalue weighted by Gasteiger charge is -2.58. The first-order chi connectivity index (χ1) is 11.4. The molecule has 4 rings (SSSR count). The van der Waals surface area contributed by atoms with Gasteiger partial charge in [-0.25, -0.2) is 0 Å². The Morgan fingerprint density at radius 3 is 2.67 bits per heavy atom. The fourth-order valence-electron chi connectivity index (χ4n) is 7.75. The Morgan fingerprint density at radius 2 is 1.92 bits per heavy atom. The van der Waals surface area contributed by atoms with E-state index in [1.165, 1.54) is 51.4 Å². The van der Waals surface area contributed by atoms with Crippen LogP contribution in [0.15, 0.2) is 11.6 Å². The van der Waals surface area contributed by atoms with Gasteiger partial charge in [-0.15, -0.1) is 0 Å². The van der Waals surface area contributed by atoms with E-state index in [1.807, 2.05) is 0 Å². The number of rotatable bonds is 2. The van der Waals surface area contributed by atoms with Crippen molar-refractivity contribution in [3.63, 3.8) is 0 Å². The van der Waals surface area contributed by atoms with Crippen LogP contribution in [0.4, 0.5) is 0 Å². The summed E-state index contributed by atoms with van der Waals surface area (Å²) in [6.45, 7) is 7.64. The quantitative estimate of drug-likeness (QED) is 0.732. The lowest BCUT2D eigenvalue weighted by Crippen LogP contribution is -2.52. The molecule has 0 spiro atoms. The van der Waals surface area contributed by atoms with Crippen molar-refractivity contribution in [1.29, 1.82) is 0 Å². The molecule has 0 amide bonds. The minimum absolute atomic E-state index is 0.419. The molecule has 3 saturated carbocycles. The van der Waals surface area contributed by atoms with Gasteiger partial charge >= 0.3 is 0 Å². The summed E-state index contributed by atoms with van der Waals surface area (Å²) in [5, 5.41) is 3.57. The normalized spacial score (nSPS) is 52.0. The summed E-state index contributed by atoms with van der Waals surface area (Å²) in [5.74, 6) is 3.67. The lowest BCUT2D eigenvalue weighted by molar-refractivity contribution is -0.0462. The third-order valence-electron chi connectivity index (χ3n) is 9.27. The van der Waals surface area contributed by atoms with Crippen molar-refractivity contribution in [3.8, 4) is 0 Å². The van der Waals surface area contributed by atoms with Crippen molar-refractivity contribution >= 4 is 0 Å². The fourth-order valence-corrected chi connectivity index (χ4v) is 7.75. The predicted molar refractivity (Wildman–Crippen MR) is 102 cm³/mol. The average molecular weight is 331 g/mol. The van der Waals surface area contributed by atoms with E-state index in [9.17, 15) is 0 Å². The van der Waals surface area contributed by atoms with E-state index in [-0.39, 0.29) is 0 Å². The molecule has 24 heavy (non-hydrogen) atoms. The van der Waals surface area contributed by atoms with E-state index in [0.29, 0.717) is 22.9 Å². The SMILES string of the molecule is CN[C@@H](C)[C@H]1CC[C@H]2[C@@H]3CC=C4C[C@@H](N)CC[C@]4(C)[C@H]3CC[C@]12C. The molecule has 4 aliphatic rings. The molecule has 3 fully saturated rings. The number of hydrogen-bond donors (Lipinski definition) is 2. The van der Waals surface area contributed by atoms with Gasteiger partial charge in [-0.3, -0.25) is 0 Å². The molecule has 0 saturated heterocycles. The Morgan fingerprint density at radius 1 is 1.12 bits per heavy atom. The summed E-state index contributed by atoms with van der Waals surface area (Å²) in [4.78, 5) is 0. The van der Waals surface area contributed by atoms with Gasteiger partial charge in [0.15, 0.2) is 0 Å². The monoisotopic (exact) mass is 330 g/mol. The number of nitrogens with one attached hydrogen (secondary N) is 1. The van der Waals surface area contributed by atoms with Crippen LogP contribution in [0.5, 0.6) is 0 Å². The molecule has 0 heterocycles. The minimum Gasteiger partial charge on any atom is -0.327 e. The van der Waals surface area contributed by atoms with Crippen LogP contribution in [0.3, 0.4) is 0 Å². The highest BCUT2D eigenvalue weighted by Gasteiger charge is 2.58. The fraction of sp³-hybridized carbons (Fsp3) is 0.909. The highest BCUT2D eigenvalue weighted by molar-refractivity contribution is 5.25. The average Bonchev–Trinajstić information content (AvgIpc) is 2.92. The minimum atomic E-state index is 0.419. The standard InChI is InChI=1S/C22H38N2/c1-14(24-4)18-7-8-19-17-6-5-15-13-16(23)9-11-21(15,2)20(17)10-12-22(18,19)3/h5,14,16-20,24H,6-13,23H2,1-4H3/t14-,16-,17-,18+,19-,20-,21-,22+/m0/s1. The van der Waals surface area contributed by atoms with Crippen LogP contribution in [0.1, 0.15) is 72.1 Å². The summed E-state index contributed by atoms with van der Waals surface area (Å²) >= 11 is 0. The smallest absolute Gasteiger partial charge is 0.00766 e. The number of allylic oxidation sites excluding steroid dienone is 1. The molecule has 8 atom stereocenters. The first-order valence-corrected chi connectivity index (χ1v) is 10.5. The van der Waals surface area contributed by atoms with Crippen molar-refractivity contribution < 1.29 is 0 Å². The summed E-state index contributed by atoms with van der Waals surface area (Å²) in [7, 11) is 2.15. The Balaban J connectivity index is 1.63. The molecule has 0 aromatic rings. The third-order valence-corrected chi connectivity index (χ3v) is 9.27. The van der Waals surface area contributed by atoms with Crippen molar-refractivity contribution in [2.75, 3.05) is 7.05 Å². The maximum absolute atomic E-state index is 6.29. The molecule has 4 aliphatic carbocycles. The Hall–Kier alpha value is -0.340. The first-order valence-electron chi connectivity index (χ1n) is 10.5. The summed E-state index contributed by atoms with van der Waals surface area (Å²) in [6.07, 6.45) is 13.5. The van der Waals surface area contributed by atoms with Gasteiger partial charge in [0.1, 0.15) is 0 Å². The van der Waals surface area contributed by atoms with Crippen molar-refractivity contribution in [3.05, 3.63) is 11.6 Å². The number of fused-ring (bicyclic) bond motifs is 5. The summed E-state index contributed by atoms with van der Waals surface area (Å²) in [5.41, 5.74) is 9.05. The second kappa shape index (κ2) is 5.84. The van der Waals surface area contributed by atoms with Crippen molar-refractivity contribution in [1.82, 2.24) is 5.32 Å². The zero-order valence-corrected chi connectivity index (χ0v) is 16.3. The van der Waals surface area contributed by atoms with Gasteiger partial charge in [0.25, 0.3) is 0 Å². The molecule has 2 heteroatoms. The Kier molecular flexibility index (Phi) is 4.16. The zero-order chi connectivity index (χ0) is 17.1. The van der Waals surface area contributed by atoms with E-state index in [1.54, 1.807) is 5.57 Å². The molecule has 3 N–H and O–H groups in total. The molecule has 0 radical (unpaired) electrons. The van der Waals surface area contributed by atoms with Crippen LogP contribution in [0.2, 0.25) is 0 Å². The van der Waals surface area contributed by atoms with Gasteiger partial charge < -0.3 is 11.1 Å². The zero-order valence-electron chi connectivity index (χ0n) is 16.3. The Labute approximate surface area is 149 Å². The van der Waals surface area contributed by atoms with Crippen LogP contribution >= 0.6 is 0 Å². The van der Waals surface area contributed by atoms with Gasteiger partial charge in [0.05, 0.1) is 0 Å². The molecule has 136 valence electrons. The number of hydrogen-bond acceptors (Lipinski definition) is 2. The van der Waals surface area contributed by atoms with E-state index >= 15 is 0 Å². The maximum Gasteiger partial charge on any atom is 0.00766 e. The van der Waals surface area contributed by atoms with Crippen molar-refractivity contribution in [2.45, 2.75) is 84.2 Å². The van der Waals surface area contributed by atoms with Crippen LogP contribution in [-0.2, 0) is 0 Å². The van der Waals surface area contributed by atoms with Gasteiger partial charge in [-0.05, 0) is 99.8 Å². The van der Waals surface area contributed by atoms with Gasteiger partial charge in [-0.1, -0.05) is 25.5 Å². The summed E-state index contributed by atoms with van der Waals surface area (Å²) in [6, 6.07) is 1.08. The molecule has 0 unspecified atom stereocenters. The third kappa shape index (κ3) is 2.28. The summed E-state index contributed by atoms with van der Waals surface area (Å²) < 4.78 is 0. The largest absolute Gasteiger partial charge is 0.327 e. The van der Waals surface area contributed by atoms with Crippen LogP contribution in [0.25, 0.3) is 0 Å². The van der Waals surface area contributed by atoms with E-state index < -0.39 is 0 Å². The highest BCUT2D eigenvalue weighted by Crippen LogP contribution is 2.66. The topological polar surface area (TPSA) is 38.0 Å². The molecule has 2 nitrogen and oxygen atoms in total. The van der Waals surface area contributed by atoms with Crippen LogP contribution in [0, 0.1) is 34.5 Å². The lowest BCUT2D eigenvalue weighted by atomic mass is 9.47. The second-order valence-corrected chi connectivity index (χ2v) is 10.1. The van der Waals surface area contributed by atoms with Crippen LogP contribution < -0.4 is 11.1 Å². The van der Waals surface area contributed by atoms with E-state index in [2.05, 4.69) is 39.2 Å². The maximum atomic E-state index is 6.29. The molecule has 0 aromatic heterocycles. The van der Waals surface area contributed by atoms with Gasteiger partial charge in [-0.2, -0.15) is 0 Å². The van der Waals surface area contributed by atoms with E-state index in [4.69, 9.17) is 5.73 Å². The predicted octanol–water partition coefficient (Wildman–Crippen LogP) is 4.50. The first kappa shape index (κ1) is 17.1. The van der Waals surface area contributed by atoms with E-state index in [0.717, 1.165) is 23.7 Å². The molecule has 0 bridgehead atoms. The molecular formula is C22H38N2. The van der Waals surface area contributed by atoms with Crippen molar-refractivity contribution in [2.24, 2.45) is 40.2 Å². The highest BCUT2D eigenvalue weighted by atomic mass is 14.9. The van der Waals surface area contributed by atoms with Crippen LogP contribution in [-0.4, -0.2) is 19.1 Å². The molecule has 0 aliphatic heterocycles. The molecule has 0 aromatic carbocycles.